The minimum Gasteiger partial charge on any atom is -0.469 e. The Morgan fingerprint density at radius 3 is 2.59 bits per heavy atom. The van der Waals surface area contributed by atoms with Crippen molar-refractivity contribution in [3.63, 3.8) is 0 Å². The maximum Gasteiger partial charge on any atom is 0.347 e. The van der Waals surface area contributed by atoms with Gasteiger partial charge in [-0.2, -0.15) is 0 Å². The third-order valence-electron chi connectivity index (χ3n) is 3.18. The average Bonchev–Trinajstić information content (AvgIpc) is 2.76. The molecule has 0 amide bonds. The molecule has 0 radical (unpaired) electrons. The van der Waals surface area contributed by atoms with Crippen LogP contribution in [-0.2, 0) is 22.6 Å². The molecule has 118 valence electrons. The third-order valence-corrected chi connectivity index (χ3v) is 3.43. The van der Waals surface area contributed by atoms with Gasteiger partial charge in [0.05, 0.1) is 13.7 Å². The first-order valence-electron chi connectivity index (χ1n) is 6.72. The van der Waals surface area contributed by atoms with Crippen LogP contribution in [0, 0.1) is 0 Å². The van der Waals surface area contributed by atoms with Gasteiger partial charge in [0, 0.05) is 18.0 Å². The zero-order valence-corrected chi connectivity index (χ0v) is 12.8. The number of aromatic amines is 1. The quantitative estimate of drug-likeness (QED) is 0.803. The molecule has 2 rings (SSSR count). The number of H-pyrrole nitrogens is 1. The highest BCUT2D eigenvalue weighted by atomic mass is 35.5. The summed E-state index contributed by atoms with van der Waals surface area (Å²) >= 11 is 5.80. The van der Waals surface area contributed by atoms with E-state index in [0.29, 0.717) is 11.4 Å². The first-order chi connectivity index (χ1) is 10.5. The van der Waals surface area contributed by atoms with Gasteiger partial charge in [-0.3, -0.25) is 4.79 Å². The van der Waals surface area contributed by atoms with Crippen LogP contribution in [0.3, 0.4) is 0 Å². The number of esters is 1. The predicted octanol–water partition coefficient (Wildman–Crippen LogP) is 0.993. The summed E-state index contributed by atoms with van der Waals surface area (Å²) in [5.74, 6) is -0.370. The molecule has 0 saturated carbocycles. The standard InChI is InChI=1S/C14H16ClN3O4/c1-22-12(19)3-2-8-17-13(20)16-18(14(17)21)9-10-4-6-11(15)7-5-10/h4-7H,2-3,8-9H2,1H3,(H,16,20). The van der Waals surface area contributed by atoms with Crippen LogP contribution in [0.15, 0.2) is 33.9 Å². The maximum absolute atomic E-state index is 12.2. The number of rotatable bonds is 6. The average molecular weight is 326 g/mol. The van der Waals surface area contributed by atoms with Crippen molar-refractivity contribution in [1.29, 1.82) is 0 Å². The van der Waals surface area contributed by atoms with Gasteiger partial charge in [-0.05, 0) is 24.1 Å². The number of hydrogen-bond donors (Lipinski definition) is 1. The summed E-state index contributed by atoms with van der Waals surface area (Å²) < 4.78 is 6.81. The van der Waals surface area contributed by atoms with Crippen molar-refractivity contribution in [2.45, 2.75) is 25.9 Å². The van der Waals surface area contributed by atoms with Gasteiger partial charge in [0.2, 0.25) is 0 Å². The Balaban J connectivity index is 2.10. The van der Waals surface area contributed by atoms with E-state index in [0.717, 1.165) is 10.1 Å². The smallest absolute Gasteiger partial charge is 0.347 e. The highest BCUT2D eigenvalue weighted by Gasteiger charge is 2.10. The van der Waals surface area contributed by atoms with Crippen LogP contribution in [0.1, 0.15) is 18.4 Å². The summed E-state index contributed by atoms with van der Waals surface area (Å²) in [4.78, 5) is 35.0. The predicted molar refractivity (Wildman–Crippen MR) is 81.1 cm³/mol. The Kier molecular flexibility index (Phi) is 5.21. The Bertz CT molecular complexity index is 758. The molecule has 0 saturated heterocycles. The topological polar surface area (TPSA) is 86.1 Å². The van der Waals surface area contributed by atoms with Crippen LogP contribution in [0.5, 0.6) is 0 Å². The second kappa shape index (κ2) is 7.13. The Labute approximate surface area is 131 Å². The summed E-state index contributed by atoms with van der Waals surface area (Å²) in [7, 11) is 1.30. The van der Waals surface area contributed by atoms with Crippen LogP contribution in [0.25, 0.3) is 0 Å². The molecular weight excluding hydrogens is 310 g/mol. The Hall–Kier alpha value is -2.28. The van der Waals surface area contributed by atoms with Crippen LogP contribution in [0.2, 0.25) is 5.02 Å². The molecule has 2 aromatic rings. The number of halogens is 1. The molecule has 1 aromatic carbocycles. The molecule has 1 heterocycles. The molecule has 22 heavy (non-hydrogen) atoms. The second-order valence-electron chi connectivity index (χ2n) is 4.74. The van der Waals surface area contributed by atoms with Gasteiger partial charge in [-0.15, -0.1) is 0 Å². The van der Waals surface area contributed by atoms with E-state index in [4.69, 9.17) is 11.6 Å². The van der Waals surface area contributed by atoms with Gasteiger partial charge in [0.15, 0.2) is 0 Å². The van der Waals surface area contributed by atoms with E-state index in [1.807, 2.05) is 0 Å². The lowest BCUT2D eigenvalue weighted by molar-refractivity contribution is -0.140. The van der Waals surface area contributed by atoms with Crippen LogP contribution in [0.4, 0.5) is 0 Å². The fraction of sp³-hybridized carbons (Fsp3) is 0.357. The molecule has 0 unspecified atom stereocenters. The van der Waals surface area contributed by atoms with Crippen molar-refractivity contribution in [3.8, 4) is 0 Å². The molecule has 0 aliphatic carbocycles. The van der Waals surface area contributed by atoms with Crippen LogP contribution in [-0.4, -0.2) is 27.4 Å². The third kappa shape index (κ3) is 3.88. The lowest BCUT2D eigenvalue weighted by Gasteiger charge is -2.02. The number of aromatic nitrogens is 3. The van der Waals surface area contributed by atoms with E-state index in [2.05, 4.69) is 9.84 Å². The van der Waals surface area contributed by atoms with E-state index in [9.17, 15) is 14.4 Å². The summed E-state index contributed by atoms with van der Waals surface area (Å²) in [5, 5.41) is 3.09. The lowest BCUT2D eigenvalue weighted by atomic mass is 10.2. The minimum atomic E-state index is -0.496. The van der Waals surface area contributed by atoms with Crippen LogP contribution >= 0.6 is 11.6 Å². The fourth-order valence-corrected chi connectivity index (χ4v) is 2.14. The Morgan fingerprint density at radius 2 is 1.95 bits per heavy atom. The van der Waals surface area contributed by atoms with Gasteiger partial charge < -0.3 is 4.74 Å². The van der Waals surface area contributed by atoms with E-state index in [-0.39, 0.29) is 25.5 Å². The molecule has 0 bridgehead atoms. The van der Waals surface area contributed by atoms with Gasteiger partial charge in [0.1, 0.15) is 0 Å². The number of hydrogen-bond acceptors (Lipinski definition) is 4. The molecule has 0 spiro atoms. The zero-order valence-electron chi connectivity index (χ0n) is 12.0. The fourth-order valence-electron chi connectivity index (χ4n) is 2.02. The lowest BCUT2D eigenvalue weighted by Crippen LogP contribution is -2.29. The van der Waals surface area contributed by atoms with Crippen molar-refractivity contribution >= 4 is 17.6 Å². The normalized spacial score (nSPS) is 10.6. The van der Waals surface area contributed by atoms with Gasteiger partial charge in [-0.25, -0.2) is 23.9 Å². The number of nitrogens with one attached hydrogen (secondary N) is 1. The molecule has 0 atom stereocenters. The molecule has 0 fully saturated rings. The molecule has 8 heteroatoms. The zero-order chi connectivity index (χ0) is 16.1. The maximum atomic E-state index is 12.2. The number of ether oxygens (including phenoxy) is 1. The van der Waals surface area contributed by atoms with E-state index in [1.54, 1.807) is 24.3 Å². The molecule has 0 aliphatic heterocycles. The van der Waals surface area contributed by atoms with Crippen molar-refractivity contribution in [2.75, 3.05) is 7.11 Å². The summed E-state index contributed by atoms with van der Waals surface area (Å²) in [6, 6.07) is 6.99. The SMILES string of the molecule is COC(=O)CCCn1c(=O)[nH]n(Cc2ccc(Cl)cc2)c1=O. The second-order valence-corrected chi connectivity index (χ2v) is 5.18. The molecule has 1 aromatic heterocycles. The van der Waals surface area contributed by atoms with E-state index in [1.165, 1.54) is 11.8 Å². The first-order valence-corrected chi connectivity index (χ1v) is 7.10. The van der Waals surface area contributed by atoms with Gasteiger partial charge in [0.25, 0.3) is 0 Å². The monoisotopic (exact) mass is 325 g/mol. The highest BCUT2D eigenvalue weighted by molar-refractivity contribution is 6.30. The number of methoxy groups -OCH3 is 1. The number of carbonyl (C=O) groups is 1. The van der Waals surface area contributed by atoms with Crippen molar-refractivity contribution in [3.05, 3.63) is 55.8 Å². The van der Waals surface area contributed by atoms with Crippen LogP contribution < -0.4 is 11.4 Å². The largest absolute Gasteiger partial charge is 0.469 e. The van der Waals surface area contributed by atoms with Crippen molar-refractivity contribution in [1.82, 2.24) is 14.3 Å². The number of carbonyl (C=O) groups excluding carboxylic acids is 1. The Morgan fingerprint density at radius 1 is 1.27 bits per heavy atom. The molecule has 1 N–H and O–H groups in total. The van der Waals surface area contributed by atoms with E-state index >= 15 is 0 Å². The van der Waals surface area contributed by atoms with Gasteiger partial charge >= 0.3 is 17.3 Å². The summed E-state index contributed by atoms with van der Waals surface area (Å²) in [6.45, 7) is 0.409. The number of nitrogens with zero attached hydrogens (tertiary/aromatic N) is 2. The van der Waals surface area contributed by atoms with Gasteiger partial charge in [-0.1, -0.05) is 23.7 Å². The molecule has 7 nitrogen and oxygen atoms in total. The summed E-state index contributed by atoms with van der Waals surface area (Å²) in [5.41, 5.74) is -0.0943. The highest BCUT2D eigenvalue weighted by Crippen LogP contribution is 2.09. The molecular formula is C14H16ClN3O4. The van der Waals surface area contributed by atoms with Crippen molar-refractivity contribution < 1.29 is 9.53 Å². The molecule has 0 aliphatic rings. The van der Waals surface area contributed by atoms with E-state index < -0.39 is 11.4 Å². The number of benzene rings is 1. The van der Waals surface area contributed by atoms with Crippen molar-refractivity contribution in [2.24, 2.45) is 0 Å². The minimum absolute atomic E-state index is 0.157. The first kappa shape index (κ1) is 16.1. The summed E-state index contributed by atoms with van der Waals surface area (Å²) in [6.07, 6.45) is 0.519.